The van der Waals surface area contributed by atoms with E-state index in [1.165, 1.54) is 72.6 Å². The molecular formula is C60H55BN2O2. The lowest BCUT2D eigenvalue weighted by atomic mass is 9.33. The Labute approximate surface area is 383 Å². The number of fused-ring (bicyclic) bond motifs is 7. The summed E-state index contributed by atoms with van der Waals surface area (Å²) < 4.78 is 12.5. The fraction of sp³-hybridized carbons (Fsp3) is 0.233. The first-order chi connectivity index (χ1) is 31.1. The van der Waals surface area contributed by atoms with E-state index in [0.717, 1.165) is 62.7 Å². The van der Waals surface area contributed by atoms with E-state index < -0.39 is 0 Å². The van der Waals surface area contributed by atoms with Gasteiger partial charge in [0.1, 0.15) is 11.2 Å². The second-order valence-electron chi connectivity index (χ2n) is 21.9. The van der Waals surface area contributed by atoms with E-state index in [1.54, 1.807) is 0 Å². The van der Waals surface area contributed by atoms with Crippen molar-refractivity contribution in [2.24, 2.45) is 5.41 Å². The van der Waals surface area contributed by atoms with Gasteiger partial charge in [0.25, 0.3) is 6.71 Å². The molecule has 0 atom stereocenters. The number of hydrogen-bond donors (Lipinski definition) is 0. The number of furan rings is 2. The first-order valence-corrected chi connectivity index (χ1v) is 23.3. The molecular weight excluding hydrogens is 791 g/mol. The van der Waals surface area contributed by atoms with Crippen molar-refractivity contribution in [2.75, 3.05) is 9.80 Å². The zero-order valence-corrected chi connectivity index (χ0v) is 39.1. The molecule has 4 heterocycles. The summed E-state index contributed by atoms with van der Waals surface area (Å²) in [6, 6.07) is 50.5. The number of rotatable bonds is 4. The summed E-state index contributed by atoms with van der Waals surface area (Å²) in [5.74, 6) is 0. The topological polar surface area (TPSA) is 32.8 Å². The number of nitrogens with zero attached hydrogens (tertiary/aromatic N) is 2. The quantitative estimate of drug-likeness (QED) is 0.165. The third kappa shape index (κ3) is 6.33. The molecule has 3 aliphatic rings. The van der Waals surface area contributed by atoms with Gasteiger partial charge in [-0.05, 0) is 158 Å². The van der Waals surface area contributed by atoms with Crippen LogP contribution < -0.4 is 26.2 Å². The van der Waals surface area contributed by atoms with Crippen molar-refractivity contribution in [1.29, 1.82) is 0 Å². The summed E-state index contributed by atoms with van der Waals surface area (Å²) in [5.41, 5.74) is 24.4. The normalized spacial score (nSPS) is 15.1. The lowest BCUT2D eigenvalue weighted by Gasteiger charge is -2.45. The van der Waals surface area contributed by atoms with Crippen LogP contribution >= 0.6 is 0 Å². The van der Waals surface area contributed by atoms with Crippen LogP contribution in [0.1, 0.15) is 83.2 Å². The number of benzene rings is 7. The molecule has 0 spiro atoms. The standard InChI is InChI=1S/C60H55BN2O2/c1-36-24-53-57-54(25-36)63(44-27-37(47-34-64-55-16-12-10-14-45(47)55)26-38(28-44)48-35-65-56-17-13-11-15-46(48)56)52-30-40-33-60(8,9)32-39(40)29-49(52)61(57)50-31-42(59(5,6)7)20-23-51(50)62(53)43-21-18-41(19-22-43)58(2,3)4/h10-31,34-35H,32-33H2,1-9H3. The van der Waals surface area contributed by atoms with Crippen LogP contribution in [0.5, 0.6) is 0 Å². The first-order valence-electron chi connectivity index (χ1n) is 23.3. The summed E-state index contributed by atoms with van der Waals surface area (Å²) in [5, 5.41) is 2.19. The van der Waals surface area contributed by atoms with Crippen molar-refractivity contribution in [1.82, 2.24) is 0 Å². The Morgan fingerprint density at radius 2 is 1.03 bits per heavy atom. The molecule has 2 aromatic heterocycles. The third-order valence-electron chi connectivity index (χ3n) is 14.5. The van der Waals surface area contributed by atoms with Gasteiger partial charge < -0.3 is 18.6 Å². The van der Waals surface area contributed by atoms with Gasteiger partial charge in [-0.3, -0.25) is 0 Å². The third-order valence-corrected chi connectivity index (χ3v) is 14.5. The molecule has 4 nitrogen and oxygen atoms in total. The van der Waals surface area contributed by atoms with Crippen molar-refractivity contribution in [2.45, 2.75) is 86.0 Å². The molecule has 9 aromatic rings. The van der Waals surface area contributed by atoms with E-state index in [1.807, 2.05) is 24.7 Å². The number of hydrogen-bond acceptors (Lipinski definition) is 4. The summed E-state index contributed by atoms with van der Waals surface area (Å²) in [6.07, 6.45) is 5.98. The average molecular weight is 847 g/mol. The maximum atomic E-state index is 6.25. The summed E-state index contributed by atoms with van der Waals surface area (Å²) in [4.78, 5) is 5.15. The highest BCUT2D eigenvalue weighted by Gasteiger charge is 2.45. The highest BCUT2D eigenvalue weighted by Crippen LogP contribution is 2.49. The second-order valence-corrected chi connectivity index (χ2v) is 21.9. The van der Waals surface area contributed by atoms with Crippen LogP contribution in [0.4, 0.5) is 34.1 Å². The molecule has 0 saturated heterocycles. The summed E-state index contributed by atoms with van der Waals surface area (Å²) in [7, 11) is 0. The number of aryl methyl sites for hydroxylation is 1. The monoisotopic (exact) mass is 846 g/mol. The molecule has 12 rings (SSSR count). The van der Waals surface area contributed by atoms with Crippen LogP contribution in [0.3, 0.4) is 0 Å². The molecule has 5 heteroatoms. The van der Waals surface area contributed by atoms with Gasteiger partial charge in [-0.15, -0.1) is 0 Å². The van der Waals surface area contributed by atoms with Gasteiger partial charge in [-0.1, -0.05) is 122 Å². The van der Waals surface area contributed by atoms with Crippen LogP contribution in [-0.4, -0.2) is 6.71 Å². The van der Waals surface area contributed by atoms with Gasteiger partial charge in [0, 0.05) is 56.0 Å². The minimum atomic E-state index is -0.0263. The van der Waals surface area contributed by atoms with Crippen molar-refractivity contribution in [3.63, 3.8) is 0 Å². The minimum Gasteiger partial charge on any atom is -0.464 e. The molecule has 0 fully saturated rings. The van der Waals surface area contributed by atoms with E-state index >= 15 is 0 Å². The van der Waals surface area contributed by atoms with Gasteiger partial charge in [-0.2, -0.15) is 0 Å². The molecule has 7 aromatic carbocycles. The average Bonchev–Trinajstić information content (AvgIpc) is 3.99. The molecule has 0 N–H and O–H groups in total. The van der Waals surface area contributed by atoms with Crippen LogP contribution in [0.15, 0.2) is 155 Å². The number of anilines is 6. The van der Waals surface area contributed by atoms with Gasteiger partial charge in [-0.25, -0.2) is 0 Å². The summed E-state index contributed by atoms with van der Waals surface area (Å²) >= 11 is 0. The van der Waals surface area contributed by atoms with Crippen LogP contribution in [0.2, 0.25) is 0 Å². The maximum absolute atomic E-state index is 6.25. The molecule has 0 unspecified atom stereocenters. The Morgan fingerprint density at radius 1 is 0.508 bits per heavy atom. The molecule has 0 radical (unpaired) electrons. The van der Waals surface area contributed by atoms with Crippen LogP contribution in [0, 0.1) is 12.3 Å². The van der Waals surface area contributed by atoms with Crippen molar-refractivity contribution in [3.05, 3.63) is 174 Å². The van der Waals surface area contributed by atoms with E-state index in [-0.39, 0.29) is 23.0 Å². The minimum absolute atomic E-state index is 0.0263. The Morgan fingerprint density at radius 3 is 1.62 bits per heavy atom. The molecule has 320 valence electrons. The van der Waals surface area contributed by atoms with Crippen molar-refractivity contribution in [3.8, 4) is 22.3 Å². The van der Waals surface area contributed by atoms with Crippen LogP contribution in [0.25, 0.3) is 44.2 Å². The van der Waals surface area contributed by atoms with Gasteiger partial charge in [0.15, 0.2) is 0 Å². The lowest BCUT2D eigenvalue weighted by Crippen LogP contribution is -2.61. The summed E-state index contributed by atoms with van der Waals surface area (Å²) in [6.45, 7) is 21.0. The molecule has 0 saturated carbocycles. The number of para-hydroxylation sites is 2. The van der Waals surface area contributed by atoms with Crippen molar-refractivity contribution < 1.29 is 8.83 Å². The van der Waals surface area contributed by atoms with E-state index in [9.17, 15) is 0 Å². The Kier molecular flexibility index (Phi) is 8.52. The zero-order chi connectivity index (χ0) is 44.7. The first kappa shape index (κ1) is 39.8. The van der Waals surface area contributed by atoms with Gasteiger partial charge in [0.05, 0.1) is 12.5 Å². The Balaban J connectivity index is 1.17. The second kappa shape index (κ2) is 13.9. The van der Waals surface area contributed by atoms with Crippen molar-refractivity contribution >= 4 is 79.2 Å². The fourth-order valence-electron chi connectivity index (χ4n) is 11.3. The predicted molar refractivity (Wildman–Crippen MR) is 274 cm³/mol. The highest BCUT2D eigenvalue weighted by atomic mass is 16.3. The van der Waals surface area contributed by atoms with E-state index in [4.69, 9.17) is 8.83 Å². The lowest BCUT2D eigenvalue weighted by molar-refractivity contribution is 0.392. The van der Waals surface area contributed by atoms with Crippen LogP contribution in [-0.2, 0) is 23.7 Å². The maximum Gasteiger partial charge on any atom is 0.252 e. The van der Waals surface area contributed by atoms with E-state index in [2.05, 4.69) is 193 Å². The molecule has 1 aliphatic carbocycles. The van der Waals surface area contributed by atoms with Gasteiger partial charge >= 0.3 is 0 Å². The zero-order valence-electron chi connectivity index (χ0n) is 39.1. The molecule has 0 bridgehead atoms. The molecule has 65 heavy (non-hydrogen) atoms. The Bertz CT molecular complexity index is 3320. The highest BCUT2D eigenvalue weighted by molar-refractivity contribution is 7.00. The SMILES string of the molecule is Cc1cc2c3c(c1)N(c1cc(-c4coc5ccccc45)cc(-c4coc5ccccc45)c1)c1cc4c(cc1B3c1cc(C(C)(C)C)ccc1N2c1ccc(C(C)(C)C)cc1)CC(C)(C)C4. The molecule has 0 amide bonds. The van der Waals surface area contributed by atoms with Gasteiger partial charge in [0.2, 0.25) is 0 Å². The predicted octanol–water partition coefficient (Wildman–Crippen LogP) is 14.6. The largest absolute Gasteiger partial charge is 0.464 e. The smallest absolute Gasteiger partial charge is 0.252 e. The van der Waals surface area contributed by atoms with E-state index in [0.29, 0.717) is 0 Å². The Hall–Kier alpha value is -6.72. The fourth-order valence-corrected chi connectivity index (χ4v) is 11.3. The molecule has 2 aliphatic heterocycles.